The number of nitrogens with one attached hydrogen (secondary N) is 2. The van der Waals surface area contributed by atoms with E-state index in [0.29, 0.717) is 31.1 Å². The second-order valence-electron chi connectivity index (χ2n) is 10.5. The van der Waals surface area contributed by atoms with Gasteiger partial charge in [0.15, 0.2) is 0 Å². The number of aromatic amines is 1. The predicted molar refractivity (Wildman–Crippen MR) is 132 cm³/mol. The van der Waals surface area contributed by atoms with Gasteiger partial charge in [0, 0.05) is 42.8 Å². The molecular formula is C24H34ClN7O2. The number of piperidine rings is 1. The first-order valence-electron chi connectivity index (χ1n) is 12.1. The zero-order chi connectivity index (χ0) is 23.9. The van der Waals surface area contributed by atoms with Crippen LogP contribution in [-0.2, 0) is 16.0 Å². The lowest BCUT2D eigenvalue weighted by molar-refractivity contribution is -0.145. The fourth-order valence-electron chi connectivity index (χ4n) is 5.17. The van der Waals surface area contributed by atoms with Gasteiger partial charge in [0.1, 0.15) is 6.10 Å². The molecule has 3 fully saturated rings. The van der Waals surface area contributed by atoms with Gasteiger partial charge < -0.3 is 20.7 Å². The SMILES string of the molecule is CC1(C)CC1NC(=O)[C@H]1CN(C2CCN(c3n[nH]c(N)n3)CC2)[C@@H](Cc2ccc(Cl)cc2)CO1. The maximum Gasteiger partial charge on any atom is 0.250 e. The van der Waals surface area contributed by atoms with Crippen LogP contribution in [0.15, 0.2) is 24.3 Å². The molecule has 1 aliphatic carbocycles. The number of amides is 1. The van der Waals surface area contributed by atoms with E-state index < -0.39 is 6.10 Å². The number of rotatable bonds is 6. The number of anilines is 2. The third-order valence-corrected chi connectivity index (χ3v) is 7.80. The summed E-state index contributed by atoms with van der Waals surface area (Å²) in [6, 6.07) is 8.83. The summed E-state index contributed by atoms with van der Waals surface area (Å²) >= 11 is 6.09. The molecule has 2 aliphatic heterocycles. The molecule has 34 heavy (non-hydrogen) atoms. The molecule has 0 radical (unpaired) electrons. The number of carbonyl (C=O) groups is 1. The Balaban J connectivity index is 1.26. The zero-order valence-corrected chi connectivity index (χ0v) is 20.6. The highest BCUT2D eigenvalue weighted by molar-refractivity contribution is 6.30. The molecule has 0 bridgehead atoms. The number of carbonyl (C=O) groups excluding carboxylic acids is 1. The summed E-state index contributed by atoms with van der Waals surface area (Å²) in [4.78, 5) is 21.9. The predicted octanol–water partition coefficient (Wildman–Crippen LogP) is 2.24. The molecule has 1 saturated carbocycles. The zero-order valence-electron chi connectivity index (χ0n) is 19.8. The summed E-state index contributed by atoms with van der Waals surface area (Å²) in [7, 11) is 0. The van der Waals surface area contributed by atoms with Gasteiger partial charge in [0.25, 0.3) is 5.91 Å². The van der Waals surface area contributed by atoms with Crippen molar-refractivity contribution >= 4 is 29.4 Å². The van der Waals surface area contributed by atoms with Gasteiger partial charge >= 0.3 is 0 Å². The third kappa shape index (κ3) is 5.16. The summed E-state index contributed by atoms with van der Waals surface area (Å²) in [6.07, 6.45) is 3.38. The van der Waals surface area contributed by atoms with Gasteiger partial charge in [-0.1, -0.05) is 37.6 Å². The highest BCUT2D eigenvalue weighted by Gasteiger charge is 2.48. The number of nitrogen functional groups attached to an aromatic ring is 1. The van der Waals surface area contributed by atoms with Crippen molar-refractivity contribution in [3.8, 4) is 0 Å². The first-order chi connectivity index (χ1) is 16.3. The van der Waals surface area contributed by atoms with Crippen molar-refractivity contribution in [1.29, 1.82) is 0 Å². The molecule has 10 heteroatoms. The summed E-state index contributed by atoms with van der Waals surface area (Å²) in [6.45, 7) is 7.20. The molecule has 3 aliphatic rings. The lowest BCUT2D eigenvalue weighted by Gasteiger charge is -2.46. The number of nitrogens with zero attached hydrogens (tertiary/aromatic N) is 4. The lowest BCUT2D eigenvalue weighted by Crippen LogP contribution is -2.60. The number of hydrogen-bond donors (Lipinski definition) is 3. The van der Waals surface area contributed by atoms with E-state index in [1.165, 1.54) is 5.56 Å². The third-order valence-electron chi connectivity index (χ3n) is 7.55. The lowest BCUT2D eigenvalue weighted by atomic mass is 9.96. The summed E-state index contributed by atoms with van der Waals surface area (Å²) in [5.41, 5.74) is 7.12. The van der Waals surface area contributed by atoms with Crippen LogP contribution in [0.5, 0.6) is 0 Å². The number of hydrogen-bond acceptors (Lipinski definition) is 7. The van der Waals surface area contributed by atoms with Gasteiger partial charge in [-0.05, 0) is 48.8 Å². The number of ether oxygens (including phenoxy) is 1. The molecule has 3 heterocycles. The molecule has 2 saturated heterocycles. The maximum absolute atomic E-state index is 13.0. The monoisotopic (exact) mass is 487 g/mol. The minimum absolute atomic E-state index is 0.0131. The van der Waals surface area contributed by atoms with Gasteiger partial charge in [-0.3, -0.25) is 9.69 Å². The second-order valence-corrected chi connectivity index (χ2v) is 10.9. The van der Waals surface area contributed by atoms with Crippen molar-refractivity contribution in [3.63, 3.8) is 0 Å². The van der Waals surface area contributed by atoms with Gasteiger partial charge in [-0.25, -0.2) is 5.10 Å². The Hall–Kier alpha value is -2.36. The second kappa shape index (κ2) is 9.36. The van der Waals surface area contributed by atoms with E-state index in [1.54, 1.807) is 0 Å². The van der Waals surface area contributed by atoms with Crippen LogP contribution in [0.2, 0.25) is 5.02 Å². The molecule has 9 nitrogen and oxygen atoms in total. The Labute approximate surface area is 205 Å². The minimum atomic E-state index is -0.441. The van der Waals surface area contributed by atoms with E-state index in [9.17, 15) is 4.79 Å². The van der Waals surface area contributed by atoms with Crippen molar-refractivity contribution in [2.24, 2.45) is 5.41 Å². The normalized spacial score (nSPS) is 27.5. The minimum Gasteiger partial charge on any atom is -0.368 e. The highest BCUT2D eigenvalue weighted by Crippen LogP contribution is 2.44. The van der Waals surface area contributed by atoms with E-state index in [0.717, 1.165) is 43.8 Å². The summed E-state index contributed by atoms with van der Waals surface area (Å²) < 4.78 is 6.13. The van der Waals surface area contributed by atoms with E-state index in [4.69, 9.17) is 22.1 Å². The molecule has 0 spiro atoms. The van der Waals surface area contributed by atoms with Crippen molar-refractivity contribution < 1.29 is 9.53 Å². The van der Waals surface area contributed by atoms with Crippen molar-refractivity contribution in [1.82, 2.24) is 25.4 Å². The van der Waals surface area contributed by atoms with Crippen LogP contribution in [0.3, 0.4) is 0 Å². The number of benzene rings is 1. The van der Waals surface area contributed by atoms with E-state index in [-0.39, 0.29) is 23.4 Å². The average molecular weight is 488 g/mol. The standard InChI is InChI=1S/C24H34ClN7O2/c1-24(2)12-20(24)27-21(33)19-13-32(18(14-34-19)11-15-3-5-16(25)6-4-15)17-7-9-31(10-8-17)23-28-22(26)29-30-23/h3-6,17-20H,7-14H2,1-2H3,(H,27,33)(H3,26,28,29,30)/t18-,19+,20?/m0/s1. The van der Waals surface area contributed by atoms with Crippen LogP contribution in [0.1, 0.15) is 38.7 Å². The largest absolute Gasteiger partial charge is 0.368 e. The number of morpholine rings is 1. The van der Waals surface area contributed by atoms with Crippen LogP contribution < -0.4 is 16.0 Å². The molecule has 1 unspecified atom stereocenters. The number of aromatic nitrogens is 3. The first-order valence-corrected chi connectivity index (χ1v) is 12.5. The molecular weight excluding hydrogens is 454 g/mol. The fourth-order valence-corrected chi connectivity index (χ4v) is 5.30. The summed E-state index contributed by atoms with van der Waals surface area (Å²) in [5, 5.41) is 10.9. The van der Waals surface area contributed by atoms with Gasteiger partial charge in [-0.15, -0.1) is 5.10 Å². The van der Waals surface area contributed by atoms with E-state index in [2.05, 4.69) is 56.3 Å². The Kier molecular flexibility index (Phi) is 6.43. The van der Waals surface area contributed by atoms with Gasteiger partial charge in [0.05, 0.1) is 6.61 Å². The molecule has 4 N–H and O–H groups in total. The van der Waals surface area contributed by atoms with Crippen molar-refractivity contribution in [3.05, 3.63) is 34.9 Å². The Morgan fingerprint density at radius 1 is 1.29 bits per heavy atom. The van der Waals surface area contributed by atoms with Gasteiger partial charge in [0.2, 0.25) is 11.9 Å². The number of H-pyrrole nitrogens is 1. The smallest absolute Gasteiger partial charge is 0.250 e. The van der Waals surface area contributed by atoms with E-state index in [1.807, 2.05) is 12.1 Å². The van der Waals surface area contributed by atoms with Gasteiger partial charge in [-0.2, -0.15) is 4.98 Å². The molecule has 1 amide bonds. The van der Waals surface area contributed by atoms with Crippen LogP contribution in [0.4, 0.5) is 11.9 Å². The number of nitrogens with two attached hydrogens (primary N) is 1. The average Bonchev–Trinajstić information content (AvgIpc) is 3.20. The first kappa shape index (κ1) is 23.4. The van der Waals surface area contributed by atoms with Crippen LogP contribution in [-0.4, -0.2) is 76.5 Å². The van der Waals surface area contributed by atoms with Crippen molar-refractivity contribution in [2.75, 3.05) is 36.9 Å². The Morgan fingerprint density at radius 3 is 2.62 bits per heavy atom. The topological polar surface area (TPSA) is 112 Å². The number of halogens is 1. The quantitative estimate of drug-likeness (QED) is 0.572. The highest BCUT2D eigenvalue weighted by atomic mass is 35.5. The molecule has 1 aromatic carbocycles. The molecule has 2 aromatic rings. The van der Waals surface area contributed by atoms with Crippen molar-refractivity contribution in [2.45, 2.75) is 63.8 Å². The van der Waals surface area contributed by atoms with E-state index >= 15 is 0 Å². The fraction of sp³-hybridized carbons (Fsp3) is 0.625. The van der Waals surface area contributed by atoms with Crippen LogP contribution >= 0.6 is 11.6 Å². The Morgan fingerprint density at radius 2 is 2.00 bits per heavy atom. The van der Waals surface area contributed by atoms with Crippen LogP contribution in [0, 0.1) is 5.41 Å². The summed E-state index contributed by atoms with van der Waals surface area (Å²) in [5.74, 6) is 1.00. The maximum atomic E-state index is 13.0. The Bertz CT molecular complexity index is 1000. The van der Waals surface area contributed by atoms with Crippen LogP contribution in [0.25, 0.3) is 0 Å². The molecule has 5 rings (SSSR count). The molecule has 3 atom stereocenters. The molecule has 184 valence electrons. The molecule has 1 aromatic heterocycles.